The molecule has 2 atom stereocenters. The molecule has 0 bridgehead atoms. The van der Waals surface area contributed by atoms with Crippen molar-refractivity contribution >= 4 is 11.8 Å². The molecular weight excluding hydrogens is 204 g/mol. The van der Waals surface area contributed by atoms with Gasteiger partial charge >= 0.3 is 0 Å². The van der Waals surface area contributed by atoms with Gasteiger partial charge in [-0.05, 0) is 26.7 Å². The van der Waals surface area contributed by atoms with E-state index >= 15 is 0 Å². The fourth-order valence-electron chi connectivity index (χ4n) is 1.63. The number of hydrogen-bond donors (Lipinski definition) is 0. The van der Waals surface area contributed by atoms with Crippen LogP contribution in [-0.4, -0.2) is 37.1 Å². The normalized spacial score (nSPS) is 25.1. The Morgan fingerprint density at radius 2 is 1.62 bits per heavy atom. The third-order valence-electron chi connectivity index (χ3n) is 2.41. The van der Waals surface area contributed by atoms with Gasteiger partial charge in [-0.1, -0.05) is 13.8 Å². The molecule has 0 spiro atoms. The first-order chi connectivity index (χ1) is 7.60. The predicted octanol–water partition coefficient (Wildman–Crippen LogP) is 2.28. The molecule has 0 saturated carbocycles. The van der Waals surface area contributed by atoms with E-state index < -0.39 is 0 Å². The van der Waals surface area contributed by atoms with Crippen LogP contribution in [0.3, 0.4) is 0 Å². The Morgan fingerprint density at radius 3 is 2.12 bits per heavy atom. The molecule has 1 aliphatic heterocycles. The quantitative estimate of drug-likeness (QED) is 0.741. The van der Waals surface area contributed by atoms with Gasteiger partial charge < -0.3 is 9.47 Å². The number of nitrogens with zero attached hydrogens (tertiary/aromatic N) is 2. The van der Waals surface area contributed by atoms with Crippen molar-refractivity contribution in [2.75, 3.05) is 13.2 Å². The third-order valence-corrected chi connectivity index (χ3v) is 2.41. The zero-order valence-corrected chi connectivity index (χ0v) is 10.9. The predicted molar refractivity (Wildman–Crippen MR) is 66.2 cm³/mol. The highest BCUT2D eigenvalue weighted by molar-refractivity contribution is 5.93. The van der Waals surface area contributed by atoms with E-state index in [0.717, 1.165) is 11.8 Å². The first-order valence-electron chi connectivity index (χ1n) is 6.01. The van der Waals surface area contributed by atoms with Crippen LogP contribution in [0, 0.1) is 5.92 Å². The van der Waals surface area contributed by atoms with E-state index in [0.29, 0.717) is 19.1 Å². The first-order valence-corrected chi connectivity index (χ1v) is 6.01. The standard InChI is InChI=1S/C12H22N2O2/c1-6-15-11-9(5)13-12(16-7-2)10(14-11)8(3)4/h8-10H,6-7H2,1-5H3/t9-,10-/m1/s1. The molecule has 16 heavy (non-hydrogen) atoms. The summed E-state index contributed by atoms with van der Waals surface area (Å²) in [6, 6.07) is -0.0331. The van der Waals surface area contributed by atoms with E-state index in [9.17, 15) is 0 Å². The summed E-state index contributed by atoms with van der Waals surface area (Å²) in [5.41, 5.74) is 0. The van der Waals surface area contributed by atoms with Crippen molar-refractivity contribution in [1.29, 1.82) is 0 Å². The Balaban J connectivity index is 2.85. The largest absolute Gasteiger partial charge is 0.480 e. The molecule has 0 aliphatic carbocycles. The second-order valence-electron chi connectivity index (χ2n) is 4.17. The Bertz CT molecular complexity index is 285. The van der Waals surface area contributed by atoms with Gasteiger partial charge in [-0.25, -0.2) is 9.98 Å². The van der Waals surface area contributed by atoms with Crippen molar-refractivity contribution in [2.45, 2.75) is 46.7 Å². The minimum Gasteiger partial charge on any atom is -0.480 e. The summed E-state index contributed by atoms with van der Waals surface area (Å²) in [7, 11) is 0. The molecular formula is C12H22N2O2. The molecule has 0 radical (unpaired) electrons. The van der Waals surface area contributed by atoms with E-state index in [1.807, 2.05) is 20.8 Å². The average molecular weight is 226 g/mol. The summed E-state index contributed by atoms with van der Waals surface area (Å²) in [5.74, 6) is 1.84. The maximum Gasteiger partial charge on any atom is 0.209 e. The van der Waals surface area contributed by atoms with Crippen LogP contribution in [0.15, 0.2) is 9.98 Å². The first kappa shape index (κ1) is 13.0. The van der Waals surface area contributed by atoms with E-state index in [1.165, 1.54) is 0 Å². The highest BCUT2D eigenvalue weighted by atomic mass is 16.5. The minimum absolute atomic E-state index is 0.00213. The lowest BCUT2D eigenvalue weighted by atomic mass is 10.0. The monoisotopic (exact) mass is 226 g/mol. The molecule has 0 fully saturated rings. The van der Waals surface area contributed by atoms with Crippen molar-refractivity contribution in [1.82, 2.24) is 0 Å². The fourth-order valence-corrected chi connectivity index (χ4v) is 1.63. The topological polar surface area (TPSA) is 43.2 Å². The van der Waals surface area contributed by atoms with E-state index in [4.69, 9.17) is 9.47 Å². The van der Waals surface area contributed by atoms with Gasteiger partial charge in [-0.15, -0.1) is 0 Å². The number of rotatable bonds is 3. The van der Waals surface area contributed by atoms with Crippen molar-refractivity contribution < 1.29 is 9.47 Å². The molecule has 4 nitrogen and oxygen atoms in total. The van der Waals surface area contributed by atoms with Gasteiger partial charge in [0.25, 0.3) is 0 Å². The Hall–Kier alpha value is -1.06. The zero-order valence-electron chi connectivity index (χ0n) is 10.9. The molecule has 0 aromatic rings. The fraction of sp³-hybridized carbons (Fsp3) is 0.833. The van der Waals surface area contributed by atoms with Gasteiger partial charge in [-0.3, -0.25) is 0 Å². The summed E-state index contributed by atoms with van der Waals surface area (Å²) >= 11 is 0. The molecule has 0 saturated heterocycles. The molecule has 1 rings (SSSR count). The van der Waals surface area contributed by atoms with Crippen molar-refractivity contribution in [3.05, 3.63) is 0 Å². The van der Waals surface area contributed by atoms with Crippen LogP contribution in [0.5, 0.6) is 0 Å². The smallest absolute Gasteiger partial charge is 0.209 e. The van der Waals surface area contributed by atoms with Gasteiger partial charge in [0.2, 0.25) is 11.8 Å². The second-order valence-corrected chi connectivity index (χ2v) is 4.17. The number of hydrogen-bond acceptors (Lipinski definition) is 4. The molecule has 0 aromatic heterocycles. The highest BCUT2D eigenvalue weighted by Crippen LogP contribution is 2.17. The minimum atomic E-state index is -0.0310. The Morgan fingerprint density at radius 1 is 1.06 bits per heavy atom. The maximum atomic E-state index is 5.54. The summed E-state index contributed by atoms with van der Waals surface area (Å²) in [4.78, 5) is 9.10. The average Bonchev–Trinajstić information content (AvgIpc) is 2.22. The van der Waals surface area contributed by atoms with Gasteiger partial charge in [-0.2, -0.15) is 0 Å². The second kappa shape index (κ2) is 5.87. The molecule has 0 aromatic carbocycles. The van der Waals surface area contributed by atoms with Crippen LogP contribution < -0.4 is 0 Å². The van der Waals surface area contributed by atoms with Crippen LogP contribution in [0.2, 0.25) is 0 Å². The Labute approximate surface area is 97.8 Å². The van der Waals surface area contributed by atoms with Crippen LogP contribution in [0.4, 0.5) is 0 Å². The summed E-state index contributed by atoms with van der Waals surface area (Å²) in [6.07, 6.45) is 0. The van der Waals surface area contributed by atoms with Crippen LogP contribution in [0.1, 0.15) is 34.6 Å². The molecule has 92 valence electrons. The summed E-state index contributed by atoms with van der Waals surface area (Å²) < 4.78 is 11.0. The number of aliphatic imine (C=N–C) groups is 2. The zero-order chi connectivity index (χ0) is 12.1. The highest BCUT2D eigenvalue weighted by Gasteiger charge is 2.28. The van der Waals surface area contributed by atoms with Crippen molar-refractivity contribution in [2.24, 2.45) is 15.9 Å². The van der Waals surface area contributed by atoms with Crippen LogP contribution in [-0.2, 0) is 9.47 Å². The van der Waals surface area contributed by atoms with Crippen molar-refractivity contribution in [3.8, 4) is 0 Å². The maximum absolute atomic E-state index is 5.54. The van der Waals surface area contributed by atoms with Gasteiger partial charge in [0.05, 0.1) is 13.2 Å². The van der Waals surface area contributed by atoms with Gasteiger partial charge in [0.1, 0.15) is 12.1 Å². The molecule has 1 heterocycles. The third kappa shape index (κ3) is 2.97. The van der Waals surface area contributed by atoms with Gasteiger partial charge in [0.15, 0.2) is 0 Å². The lowest BCUT2D eigenvalue weighted by molar-refractivity contribution is 0.278. The lowest BCUT2D eigenvalue weighted by Gasteiger charge is -2.26. The summed E-state index contributed by atoms with van der Waals surface area (Å²) in [5, 5.41) is 0. The van der Waals surface area contributed by atoms with E-state index in [1.54, 1.807) is 0 Å². The van der Waals surface area contributed by atoms with Crippen LogP contribution >= 0.6 is 0 Å². The number of ether oxygens (including phenoxy) is 2. The van der Waals surface area contributed by atoms with Crippen molar-refractivity contribution in [3.63, 3.8) is 0 Å². The Kier molecular flexibility index (Phi) is 4.77. The van der Waals surface area contributed by atoms with Gasteiger partial charge in [0, 0.05) is 0 Å². The van der Waals surface area contributed by atoms with E-state index in [2.05, 4.69) is 23.8 Å². The SMILES string of the molecule is CCOC1=N[C@H](C(C)C)C(OCC)=N[C@@H]1C. The van der Waals surface area contributed by atoms with E-state index in [-0.39, 0.29) is 12.1 Å². The molecule has 0 N–H and O–H groups in total. The molecule has 4 heteroatoms. The molecule has 0 amide bonds. The van der Waals surface area contributed by atoms with Crippen LogP contribution in [0.25, 0.3) is 0 Å². The summed E-state index contributed by atoms with van der Waals surface area (Å²) in [6.45, 7) is 11.4. The lowest BCUT2D eigenvalue weighted by Crippen LogP contribution is -2.37. The molecule has 1 aliphatic rings. The molecule has 0 unspecified atom stereocenters.